The van der Waals surface area contributed by atoms with Gasteiger partial charge in [-0.3, -0.25) is 4.79 Å². The average Bonchev–Trinajstić information content (AvgIpc) is 3.31. The zero-order chi connectivity index (χ0) is 22.3. The first-order chi connectivity index (χ1) is 15.7. The summed E-state index contributed by atoms with van der Waals surface area (Å²) in [6, 6.07) is 25.3. The smallest absolute Gasteiger partial charge is 0.255 e. The minimum absolute atomic E-state index is 0.161. The number of hydrogen-bond acceptors (Lipinski definition) is 4. The molecule has 0 aliphatic heterocycles. The van der Waals surface area contributed by atoms with E-state index in [2.05, 4.69) is 5.32 Å². The van der Waals surface area contributed by atoms with Gasteiger partial charge in [0.05, 0.1) is 25.5 Å². The van der Waals surface area contributed by atoms with E-state index in [0.717, 1.165) is 16.8 Å². The predicted octanol–water partition coefficient (Wildman–Crippen LogP) is 4.53. The molecule has 0 spiro atoms. The molecule has 1 amide bonds. The van der Waals surface area contributed by atoms with Crippen molar-refractivity contribution in [1.29, 1.82) is 0 Å². The van der Waals surface area contributed by atoms with E-state index in [1.165, 1.54) is 0 Å². The van der Waals surface area contributed by atoms with Gasteiger partial charge in [-0.15, -0.1) is 0 Å². The topological polar surface area (TPSA) is 65.4 Å². The number of ether oxygens (including phenoxy) is 2. The quantitative estimate of drug-likeness (QED) is 0.449. The summed E-state index contributed by atoms with van der Waals surface area (Å²) in [5.41, 5.74) is 4.03. The van der Waals surface area contributed by atoms with Crippen LogP contribution in [0, 0.1) is 0 Å². The maximum Gasteiger partial charge on any atom is 0.255 e. The summed E-state index contributed by atoms with van der Waals surface area (Å²) in [5.74, 6) is 1.19. The largest absolute Gasteiger partial charge is 0.493 e. The molecule has 32 heavy (non-hydrogen) atoms. The Morgan fingerprint density at radius 2 is 1.59 bits per heavy atom. The Kier molecular flexibility index (Phi) is 6.51. The van der Waals surface area contributed by atoms with Gasteiger partial charge in [-0.2, -0.15) is 5.10 Å². The van der Waals surface area contributed by atoms with E-state index in [1.54, 1.807) is 25.1 Å². The Bertz CT molecular complexity index is 1190. The van der Waals surface area contributed by atoms with Crippen LogP contribution >= 0.6 is 0 Å². The molecule has 6 nitrogen and oxygen atoms in total. The highest BCUT2D eigenvalue weighted by molar-refractivity contribution is 5.99. The van der Waals surface area contributed by atoms with Gasteiger partial charge in [0, 0.05) is 18.3 Å². The van der Waals surface area contributed by atoms with Crippen LogP contribution in [0.15, 0.2) is 85.1 Å². The van der Waals surface area contributed by atoms with E-state index in [9.17, 15) is 4.79 Å². The summed E-state index contributed by atoms with van der Waals surface area (Å²) in [5, 5.41) is 7.73. The highest BCUT2D eigenvalue weighted by atomic mass is 16.5. The standard InChI is InChI=1S/C26H25N3O3/c1-31-23-14-13-19(17-24(23)32-2)15-16-27-26(30)22-18-29(21-11-7-4-8-12-21)28-25(22)20-9-5-3-6-10-20/h3-14,17-18H,15-16H2,1-2H3,(H,27,30). The van der Waals surface area contributed by atoms with Gasteiger partial charge in [0.2, 0.25) is 0 Å². The van der Waals surface area contributed by atoms with E-state index in [4.69, 9.17) is 14.6 Å². The van der Waals surface area contributed by atoms with E-state index in [1.807, 2.05) is 78.9 Å². The molecule has 1 heterocycles. The molecule has 4 rings (SSSR count). The van der Waals surface area contributed by atoms with Gasteiger partial charge in [-0.05, 0) is 36.2 Å². The molecule has 0 fully saturated rings. The monoisotopic (exact) mass is 427 g/mol. The molecule has 0 bridgehead atoms. The van der Waals surface area contributed by atoms with Crippen molar-refractivity contribution in [2.24, 2.45) is 0 Å². The maximum absolute atomic E-state index is 13.1. The Labute approximate surface area is 187 Å². The molecule has 0 saturated heterocycles. The summed E-state index contributed by atoms with van der Waals surface area (Å²) in [6.07, 6.45) is 2.45. The Morgan fingerprint density at radius 1 is 0.906 bits per heavy atom. The first-order valence-electron chi connectivity index (χ1n) is 10.4. The Hall–Kier alpha value is -4.06. The number of amides is 1. The number of carbonyl (C=O) groups is 1. The third-order valence-corrected chi connectivity index (χ3v) is 5.17. The van der Waals surface area contributed by atoms with Gasteiger partial charge in [0.15, 0.2) is 11.5 Å². The highest BCUT2D eigenvalue weighted by Gasteiger charge is 2.18. The van der Waals surface area contributed by atoms with Crippen molar-refractivity contribution in [2.45, 2.75) is 6.42 Å². The van der Waals surface area contributed by atoms with Crippen molar-refractivity contribution in [3.8, 4) is 28.4 Å². The van der Waals surface area contributed by atoms with Gasteiger partial charge in [-0.1, -0.05) is 54.6 Å². The lowest BCUT2D eigenvalue weighted by Gasteiger charge is -2.10. The molecule has 6 heteroatoms. The van der Waals surface area contributed by atoms with Gasteiger partial charge >= 0.3 is 0 Å². The van der Waals surface area contributed by atoms with Crippen molar-refractivity contribution in [3.63, 3.8) is 0 Å². The van der Waals surface area contributed by atoms with Crippen LogP contribution in [-0.4, -0.2) is 36.5 Å². The number of benzene rings is 3. The SMILES string of the molecule is COc1ccc(CCNC(=O)c2cn(-c3ccccc3)nc2-c2ccccc2)cc1OC. The molecule has 162 valence electrons. The second kappa shape index (κ2) is 9.83. The second-order valence-electron chi connectivity index (χ2n) is 7.23. The van der Waals surface area contributed by atoms with E-state index in [-0.39, 0.29) is 5.91 Å². The number of para-hydroxylation sites is 1. The third-order valence-electron chi connectivity index (χ3n) is 5.17. The fraction of sp³-hybridized carbons (Fsp3) is 0.154. The molecule has 0 unspecified atom stereocenters. The zero-order valence-corrected chi connectivity index (χ0v) is 18.1. The van der Waals surface area contributed by atoms with Crippen molar-refractivity contribution in [2.75, 3.05) is 20.8 Å². The number of aromatic nitrogens is 2. The Morgan fingerprint density at radius 3 is 2.28 bits per heavy atom. The fourth-order valence-corrected chi connectivity index (χ4v) is 3.51. The third kappa shape index (κ3) is 4.64. The van der Waals surface area contributed by atoms with E-state index >= 15 is 0 Å². The summed E-state index contributed by atoms with van der Waals surface area (Å²) < 4.78 is 12.4. The Balaban J connectivity index is 1.53. The average molecular weight is 428 g/mol. The van der Waals surface area contributed by atoms with Crippen LogP contribution in [0.3, 0.4) is 0 Å². The predicted molar refractivity (Wildman–Crippen MR) is 125 cm³/mol. The van der Waals surface area contributed by atoms with E-state index < -0.39 is 0 Å². The molecule has 0 aliphatic rings. The van der Waals surface area contributed by atoms with E-state index in [0.29, 0.717) is 35.7 Å². The molecule has 1 N–H and O–H groups in total. The van der Waals surface area contributed by atoms with Crippen molar-refractivity contribution >= 4 is 5.91 Å². The summed E-state index contributed by atoms with van der Waals surface area (Å²) in [7, 11) is 3.22. The van der Waals surface area contributed by atoms with Crippen molar-refractivity contribution in [1.82, 2.24) is 15.1 Å². The number of nitrogens with zero attached hydrogens (tertiary/aromatic N) is 2. The van der Waals surface area contributed by atoms with Crippen LogP contribution in [0.5, 0.6) is 11.5 Å². The molecule has 0 saturated carbocycles. The van der Waals surface area contributed by atoms with Crippen LogP contribution < -0.4 is 14.8 Å². The number of nitrogens with one attached hydrogen (secondary N) is 1. The maximum atomic E-state index is 13.1. The lowest BCUT2D eigenvalue weighted by atomic mass is 10.1. The molecule has 3 aromatic carbocycles. The van der Waals surface area contributed by atoms with Gasteiger partial charge in [0.25, 0.3) is 5.91 Å². The molecule has 0 atom stereocenters. The van der Waals surface area contributed by atoms with Crippen LogP contribution in [0.4, 0.5) is 0 Å². The normalized spacial score (nSPS) is 10.6. The summed E-state index contributed by atoms with van der Waals surface area (Å²) >= 11 is 0. The van der Waals surface area contributed by atoms with Crippen molar-refractivity contribution < 1.29 is 14.3 Å². The van der Waals surface area contributed by atoms with Crippen LogP contribution in [0.2, 0.25) is 0 Å². The number of carbonyl (C=O) groups excluding carboxylic acids is 1. The fourth-order valence-electron chi connectivity index (χ4n) is 3.51. The number of hydrogen-bond donors (Lipinski definition) is 1. The number of rotatable bonds is 8. The van der Waals surface area contributed by atoms with Gasteiger partial charge in [-0.25, -0.2) is 4.68 Å². The molecular weight excluding hydrogens is 402 g/mol. The van der Waals surface area contributed by atoms with Gasteiger partial charge in [0.1, 0.15) is 5.69 Å². The molecule has 0 radical (unpaired) electrons. The zero-order valence-electron chi connectivity index (χ0n) is 18.1. The summed E-state index contributed by atoms with van der Waals surface area (Å²) in [4.78, 5) is 13.1. The van der Waals surface area contributed by atoms with Crippen LogP contribution in [-0.2, 0) is 6.42 Å². The molecule has 0 aliphatic carbocycles. The number of methoxy groups -OCH3 is 2. The molecule has 4 aromatic rings. The lowest BCUT2D eigenvalue weighted by Crippen LogP contribution is -2.25. The lowest BCUT2D eigenvalue weighted by molar-refractivity contribution is 0.0954. The molecule has 1 aromatic heterocycles. The second-order valence-corrected chi connectivity index (χ2v) is 7.23. The molecular formula is C26H25N3O3. The minimum atomic E-state index is -0.161. The van der Waals surface area contributed by atoms with Crippen molar-refractivity contribution in [3.05, 3.63) is 96.2 Å². The first kappa shape index (κ1) is 21.2. The minimum Gasteiger partial charge on any atom is -0.493 e. The summed E-state index contributed by atoms with van der Waals surface area (Å²) in [6.45, 7) is 0.485. The first-order valence-corrected chi connectivity index (χ1v) is 10.4. The van der Waals surface area contributed by atoms with Crippen LogP contribution in [0.25, 0.3) is 16.9 Å². The van der Waals surface area contributed by atoms with Gasteiger partial charge < -0.3 is 14.8 Å². The highest BCUT2D eigenvalue weighted by Crippen LogP contribution is 2.28. The van der Waals surface area contributed by atoms with Crippen LogP contribution in [0.1, 0.15) is 15.9 Å².